The summed E-state index contributed by atoms with van der Waals surface area (Å²) in [4.78, 5) is 38.5. The van der Waals surface area contributed by atoms with Crippen LogP contribution in [0.2, 0.25) is 0 Å². The lowest BCUT2D eigenvalue weighted by Crippen LogP contribution is -2.30. The highest BCUT2D eigenvalue weighted by atomic mass is 16.6. The number of ether oxygens (including phenoxy) is 3. The maximum atomic E-state index is 13.0. The average molecular weight is 1130 g/mol. The zero-order valence-corrected chi connectivity index (χ0v) is 54.1. The Balaban J connectivity index is 4.36. The number of carbonyl (C=O) groups is 3. The number of carbonyl (C=O) groups excluding carboxylic acids is 3. The predicted molar refractivity (Wildman–Crippen MR) is 353 cm³/mol. The molecule has 0 fully saturated rings. The van der Waals surface area contributed by atoms with Gasteiger partial charge in [-0.25, -0.2) is 0 Å². The Morgan fingerprint density at radius 1 is 0.259 bits per heavy atom. The molecule has 0 aromatic heterocycles. The van der Waals surface area contributed by atoms with Crippen molar-refractivity contribution in [2.75, 3.05) is 13.2 Å². The average Bonchev–Trinajstić information content (AvgIpc) is 3.47. The van der Waals surface area contributed by atoms with Crippen LogP contribution in [0.25, 0.3) is 0 Å². The zero-order valence-electron chi connectivity index (χ0n) is 54.1. The summed E-state index contributed by atoms with van der Waals surface area (Å²) < 4.78 is 17.0. The normalized spacial score (nSPS) is 12.5. The molecule has 0 aromatic carbocycles. The van der Waals surface area contributed by atoms with E-state index in [-0.39, 0.29) is 31.1 Å². The van der Waals surface area contributed by atoms with Crippen LogP contribution in [0.3, 0.4) is 0 Å². The van der Waals surface area contributed by atoms with Gasteiger partial charge in [0.25, 0.3) is 0 Å². The first-order valence-electron chi connectivity index (χ1n) is 35.4. The molecule has 6 nitrogen and oxygen atoms in total. The molecule has 0 amide bonds. The molecule has 0 aliphatic rings. The number of hydrogen-bond acceptors (Lipinski definition) is 6. The van der Waals surface area contributed by atoms with E-state index in [9.17, 15) is 14.4 Å². The Morgan fingerprint density at radius 2 is 0.481 bits per heavy atom. The van der Waals surface area contributed by atoms with Crippen molar-refractivity contribution in [3.63, 3.8) is 0 Å². The van der Waals surface area contributed by atoms with Crippen LogP contribution in [0.1, 0.15) is 367 Å². The number of hydrogen-bond donors (Lipinski definition) is 0. The van der Waals surface area contributed by atoms with Crippen LogP contribution in [0.4, 0.5) is 0 Å². The third-order valence-electron chi connectivity index (χ3n) is 15.7. The molecule has 0 rings (SSSR count). The smallest absolute Gasteiger partial charge is 0.306 e. The summed E-state index contributed by atoms with van der Waals surface area (Å²) in [6, 6.07) is 0. The first-order valence-corrected chi connectivity index (χ1v) is 35.4. The van der Waals surface area contributed by atoms with Gasteiger partial charge in [0.2, 0.25) is 0 Å². The van der Waals surface area contributed by atoms with Crippen molar-refractivity contribution >= 4 is 17.9 Å². The number of esters is 3. The van der Waals surface area contributed by atoms with Crippen LogP contribution in [-0.2, 0) is 28.6 Å². The van der Waals surface area contributed by atoms with Crippen LogP contribution in [0.5, 0.6) is 0 Å². The van der Waals surface area contributed by atoms with Crippen LogP contribution in [0.15, 0.2) is 72.9 Å². The monoisotopic (exact) mass is 1130 g/mol. The van der Waals surface area contributed by atoms with E-state index in [1.807, 2.05) is 0 Å². The molecule has 0 aliphatic heterocycles. The minimum Gasteiger partial charge on any atom is -0.462 e. The second kappa shape index (κ2) is 69.3. The molecule has 0 aromatic rings. The summed E-state index contributed by atoms with van der Waals surface area (Å²) in [5, 5.41) is 0. The summed E-state index contributed by atoms with van der Waals surface area (Å²) in [6.45, 7) is 6.58. The van der Waals surface area contributed by atoms with Gasteiger partial charge in [0.05, 0.1) is 0 Å². The SMILES string of the molecule is CC/C=C\C/C=C\C/C=C\C/C=C\C/C=C\C/C=C\CCCCCCCCC(=O)OCC(COC(=O)CCCCCCCCCCCCCCCCCCC)OC(=O)CCCCCCCCCCCCCCCCCCCCCCC. The van der Waals surface area contributed by atoms with Gasteiger partial charge < -0.3 is 14.2 Å². The molecule has 0 spiro atoms. The molecule has 6 heteroatoms. The minimum atomic E-state index is -0.781. The lowest BCUT2D eigenvalue weighted by Gasteiger charge is -2.18. The fourth-order valence-electron chi connectivity index (χ4n) is 10.5. The van der Waals surface area contributed by atoms with Crippen molar-refractivity contribution in [2.45, 2.75) is 374 Å². The molecule has 0 aliphatic carbocycles. The molecule has 0 saturated carbocycles. The highest BCUT2D eigenvalue weighted by Crippen LogP contribution is 2.18. The molecule has 81 heavy (non-hydrogen) atoms. The first kappa shape index (κ1) is 77.9. The van der Waals surface area contributed by atoms with Crippen LogP contribution in [0, 0.1) is 0 Å². The maximum absolute atomic E-state index is 13.0. The van der Waals surface area contributed by atoms with Gasteiger partial charge in [-0.3, -0.25) is 14.4 Å². The van der Waals surface area contributed by atoms with E-state index in [1.54, 1.807) is 0 Å². The van der Waals surface area contributed by atoms with Gasteiger partial charge in [-0.1, -0.05) is 351 Å². The number of unbranched alkanes of at least 4 members (excludes halogenated alkanes) is 42. The van der Waals surface area contributed by atoms with Gasteiger partial charge in [-0.2, -0.15) is 0 Å². The van der Waals surface area contributed by atoms with Gasteiger partial charge in [-0.05, 0) is 70.6 Å². The van der Waals surface area contributed by atoms with Gasteiger partial charge in [0.15, 0.2) is 6.10 Å². The topological polar surface area (TPSA) is 78.9 Å². The largest absolute Gasteiger partial charge is 0.462 e. The quantitative estimate of drug-likeness (QED) is 0.0261. The van der Waals surface area contributed by atoms with E-state index in [1.165, 1.54) is 225 Å². The van der Waals surface area contributed by atoms with Gasteiger partial charge in [0, 0.05) is 19.3 Å². The molecule has 1 unspecified atom stereocenters. The van der Waals surface area contributed by atoms with Crippen molar-refractivity contribution in [1.29, 1.82) is 0 Å². The predicted octanol–water partition coefficient (Wildman–Crippen LogP) is 24.4. The molecule has 0 radical (unpaired) electrons. The van der Waals surface area contributed by atoms with Gasteiger partial charge in [-0.15, -0.1) is 0 Å². The van der Waals surface area contributed by atoms with E-state index >= 15 is 0 Å². The Kier molecular flexibility index (Phi) is 66.6. The fourth-order valence-corrected chi connectivity index (χ4v) is 10.5. The van der Waals surface area contributed by atoms with Crippen LogP contribution < -0.4 is 0 Å². The molecule has 0 bridgehead atoms. The maximum Gasteiger partial charge on any atom is 0.306 e. The van der Waals surface area contributed by atoms with Crippen molar-refractivity contribution in [2.24, 2.45) is 0 Å². The summed E-state index contributed by atoms with van der Waals surface area (Å²) in [6.07, 6.45) is 90.6. The molecular formula is C75H134O6. The van der Waals surface area contributed by atoms with Crippen LogP contribution in [-0.4, -0.2) is 37.2 Å². The third-order valence-corrected chi connectivity index (χ3v) is 15.7. The summed E-state index contributed by atoms with van der Waals surface area (Å²) in [7, 11) is 0. The first-order chi connectivity index (χ1) is 40.0. The fraction of sp³-hybridized carbons (Fsp3) is 0.800. The van der Waals surface area contributed by atoms with E-state index in [2.05, 4.69) is 93.7 Å². The minimum absolute atomic E-state index is 0.0747. The summed E-state index contributed by atoms with van der Waals surface area (Å²) >= 11 is 0. The lowest BCUT2D eigenvalue weighted by molar-refractivity contribution is -0.167. The zero-order chi connectivity index (χ0) is 58.5. The molecule has 470 valence electrons. The Morgan fingerprint density at radius 3 is 0.753 bits per heavy atom. The highest BCUT2D eigenvalue weighted by molar-refractivity contribution is 5.71. The van der Waals surface area contributed by atoms with Crippen molar-refractivity contribution in [3.05, 3.63) is 72.9 Å². The van der Waals surface area contributed by atoms with Crippen molar-refractivity contribution < 1.29 is 28.6 Å². The van der Waals surface area contributed by atoms with E-state index in [0.29, 0.717) is 19.3 Å². The number of rotatable bonds is 65. The second-order valence-corrected chi connectivity index (χ2v) is 23.8. The molecule has 0 saturated heterocycles. The van der Waals surface area contributed by atoms with Crippen LogP contribution >= 0.6 is 0 Å². The van der Waals surface area contributed by atoms with E-state index in [0.717, 1.165) is 103 Å². The lowest BCUT2D eigenvalue weighted by atomic mass is 10.0. The van der Waals surface area contributed by atoms with Crippen molar-refractivity contribution in [3.8, 4) is 0 Å². The standard InChI is InChI=1S/C75H134O6/c1-4-7-10-13-16-19-22-25-28-31-33-35-36-37-38-40-41-44-47-50-53-56-59-62-65-68-74(77)80-71-72(70-79-73(76)67-64-61-58-55-52-49-46-43-30-27-24-21-18-15-12-9-6-3)81-75(78)69-66-63-60-57-54-51-48-45-42-39-34-32-29-26-23-20-17-14-11-8-5-2/h7,10,16,19,25,28,33,35,37-38,41,44,72H,4-6,8-9,11-15,17-18,20-24,26-27,29-32,34,36,39-40,42-43,45-71H2,1-3H3/b10-7-,19-16-,28-25-,35-33-,38-37-,44-41-. The molecule has 1 atom stereocenters. The molecule has 0 N–H and O–H groups in total. The van der Waals surface area contributed by atoms with E-state index < -0.39 is 6.10 Å². The van der Waals surface area contributed by atoms with E-state index in [4.69, 9.17) is 14.2 Å². The Bertz CT molecular complexity index is 1490. The molecular weight excluding hydrogens is 997 g/mol. The van der Waals surface area contributed by atoms with Gasteiger partial charge >= 0.3 is 17.9 Å². The van der Waals surface area contributed by atoms with Gasteiger partial charge in [0.1, 0.15) is 13.2 Å². The third kappa shape index (κ3) is 67.5. The second-order valence-electron chi connectivity index (χ2n) is 23.8. The molecule has 0 heterocycles. The summed E-state index contributed by atoms with van der Waals surface area (Å²) in [5.74, 6) is -0.864. The highest BCUT2D eigenvalue weighted by Gasteiger charge is 2.19. The summed E-state index contributed by atoms with van der Waals surface area (Å²) in [5.41, 5.74) is 0. The Hall–Kier alpha value is -3.15. The van der Waals surface area contributed by atoms with Crippen molar-refractivity contribution in [1.82, 2.24) is 0 Å². The Labute approximate surface area is 503 Å². The number of allylic oxidation sites excluding steroid dienone is 12.